The lowest BCUT2D eigenvalue weighted by molar-refractivity contribution is -0.118. The van der Waals surface area contributed by atoms with Crippen LogP contribution in [-0.2, 0) is 4.79 Å². The van der Waals surface area contributed by atoms with Gasteiger partial charge in [-0.25, -0.2) is 0 Å². The summed E-state index contributed by atoms with van der Waals surface area (Å²) in [6.07, 6.45) is 2.30. The van der Waals surface area contributed by atoms with Crippen molar-refractivity contribution in [2.24, 2.45) is 5.92 Å². The minimum Gasteiger partial charge on any atom is -0.482 e. The van der Waals surface area contributed by atoms with Crippen molar-refractivity contribution < 1.29 is 9.53 Å². The summed E-state index contributed by atoms with van der Waals surface area (Å²) >= 11 is 0. The van der Waals surface area contributed by atoms with E-state index < -0.39 is 0 Å². The third-order valence-corrected chi connectivity index (χ3v) is 4.12. The number of fused-ring (bicyclic) bond motifs is 1. The van der Waals surface area contributed by atoms with Crippen LogP contribution in [0, 0.1) is 5.92 Å². The molecule has 116 valence electrons. The van der Waals surface area contributed by atoms with Crippen molar-refractivity contribution in [1.29, 1.82) is 0 Å². The Kier molecular flexibility index (Phi) is 4.94. The predicted octanol–water partition coefficient (Wildman–Crippen LogP) is 2.86. The lowest BCUT2D eigenvalue weighted by Gasteiger charge is -2.30. The quantitative estimate of drug-likeness (QED) is 0.791. The molecule has 1 heterocycles. The van der Waals surface area contributed by atoms with Gasteiger partial charge in [0.1, 0.15) is 5.75 Å². The van der Waals surface area contributed by atoms with Crippen molar-refractivity contribution in [2.45, 2.75) is 33.6 Å². The van der Waals surface area contributed by atoms with Gasteiger partial charge in [0.2, 0.25) is 0 Å². The average molecular weight is 291 g/mol. The van der Waals surface area contributed by atoms with Crippen LogP contribution in [0.4, 0.5) is 17.1 Å². The Morgan fingerprint density at radius 3 is 2.67 bits per heavy atom. The first-order valence-corrected chi connectivity index (χ1v) is 7.70. The number of amides is 1. The van der Waals surface area contributed by atoms with Crippen molar-refractivity contribution in [1.82, 2.24) is 0 Å². The number of nitrogens with one attached hydrogen (secondary N) is 1. The fourth-order valence-corrected chi connectivity index (χ4v) is 2.66. The fourth-order valence-electron chi connectivity index (χ4n) is 2.66. The molecule has 0 unspecified atom stereocenters. The van der Waals surface area contributed by atoms with Crippen LogP contribution >= 0.6 is 0 Å². The molecule has 5 nitrogen and oxygen atoms in total. The van der Waals surface area contributed by atoms with Crippen LogP contribution in [0.25, 0.3) is 0 Å². The second-order valence-corrected chi connectivity index (χ2v) is 5.47. The van der Waals surface area contributed by atoms with Gasteiger partial charge in [0.05, 0.1) is 17.1 Å². The number of benzene rings is 1. The molecule has 0 atom stereocenters. The van der Waals surface area contributed by atoms with Crippen LogP contribution in [0.5, 0.6) is 5.75 Å². The minimum atomic E-state index is -0.124. The van der Waals surface area contributed by atoms with E-state index in [1.165, 1.54) is 0 Å². The maximum Gasteiger partial charge on any atom is 0.262 e. The van der Waals surface area contributed by atoms with Crippen molar-refractivity contribution >= 4 is 23.0 Å². The van der Waals surface area contributed by atoms with Gasteiger partial charge < -0.3 is 20.7 Å². The number of hydrogen-bond donors (Lipinski definition) is 2. The number of rotatable bonds is 6. The van der Waals surface area contributed by atoms with Crippen molar-refractivity contribution in [3.8, 4) is 5.75 Å². The summed E-state index contributed by atoms with van der Waals surface area (Å²) in [5.41, 5.74) is 8.55. The van der Waals surface area contributed by atoms with E-state index in [-0.39, 0.29) is 12.5 Å². The van der Waals surface area contributed by atoms with Gasteiger partial charge in [-0.3, -0.25) is 4.79 Å². The standard InChI is InChI=1S/C16H25N3O2/c1-4-11(5-2)9-19(6-3)14-8-13-15(7-12(14)17)21-10-16(20)18-13/h7-8,11H,4-6,9-10,17H2,1-3H3,(H,18,20). The van der Waals surface area contributed by atoms with E-state index >= 15 is 0 Å². The number of nitrogens with two attached hydrogens (primary N) is 1. The van der Waals surface area contributed by atoms with E-state index in [1.54, 1.807) is 6.07 Å². The van der Waals surface area contributed by atoms with Crippen LogP contribution in [0.3, 0.4) is 0 Å². The van der Waals surface area contributed by atoms with Crippen LogP contribution < -0.4 is 20.7 Å². The summed E-state index contributed by atoms with van der Waals surface area (Å²) in [6.45, 7) is 8.46. The summed E-state index contributed by atoms with van der Waals surface area (Å²) in [4.78, 5) is 13.7. The first-order chi connectivity index (χ1) is 10.1. The molecule has 0 bridgehead atoms. The number of nitrogens with zero attached hydrogens (tertiary/aromatic N) is 1. The van der Waals surface area contributed by atoms with Crippen molar-refractivity contribution in [3.05, 3.63) is 12.1 Å². The third-order valence-electron chi connectivity index (χ3n) is 4.12. The molecule has 2 rings (SSSR count). The second-order valence-electron chi connectivity index (χ2n) is 5.47. The van der Waals surface area contributed by atoms with Gasteiger partial charge in [-0.15, -0.1) is 0 Å². The predicted molar refractivity (Wildman–Crippen MR) is 86.9 cm³/mol. The number of hydrogen-bond acceptors (Lipinski definition) is 4. The zero-order valence-electron chi connectivity index (χ0n) is 13.1. The van der Waals surface area contributed by atoms with E-state index in [0.717, 1.165) is 31.6 Å². The van der Waals surface area contributed by atoms with Crippen LogP contribution in [-0.4, -0.2) is 25.6 Å². The van der Waals surface area contributed by atoms with Gasteiger partial charge in [-0.1, -0.05) is 26.7 Å². The Morgan fingerprint density at radius 1 is 1.33 bits per heavy atom. The largest absolute Gasteiger partial charge is 0.482 e. The fraction of sp³-hybridized carbons (Fsp3) is 0.562. The zero-order chi connectivity index (χ0) is 15.4. The molecule has 1 aromatic carbocycles. The lowest BCUT2D eigenvalue weighted by Crippen LogP contribution is -2.30. The Balaban J connectivity index is 2.28. The summed E-state index contributed by atoms with van der Waals surface area (Å²) < 4.78 is 5.40. The Hall–Kier alpha value is -1.91. The van der Waals surface area contributed by atoms with Gasteiger partial charge in [0.15, 0.2) is 6.61 Å². The summed E-state index contributed by atoms with van der Waals surface area (Å²) in [7, 11) is 0. The highest BCUT2D eigenvalue weighted by Crippen LogP contribution is 2.37. The number of anilines is 3. The lowest BCUT2D eigenvalue weighted by atomic mass is 10.0. The molecular weight excluding hydrogens is 266 g/mol. The summed E-state index contributed by atoms with van der Waals surface area (Å²) in [6, 6.07) is 3.73. The van der Waals surface area contributed by atoms with Crippen LogP contribution in [0.2, 0.25) is 0 Å². The van der Waals surface area contributed by atoms with Gasteiger partial charge >= 0.3 is 0 Å². The SMILES string of the molecule is CCC(CC)CN(CC)c1cc2c(cc1N)OCC(=O)N2. The van der Waals surface area contributed by atoms with E-state index in [9.17, 15) is 4.79 Å². The molecule has 0 fully saturated rings. The summed E-state index contributed by atoms with van der Waals surface area (Å²) in [5.74, 6) is 1.17. The normalized spacial score (nSPS) is 13.6. The van der Waals surface area contributed by atoms with Crippen LogP contribution in [0.1, 0.15) is 33.6 Å². The average Bonchev–Trinajstić information content (AvgIpc) is 2.49. The Labute approximate surface area is 126 Å². The molecule has 0 radical (unpaired) electrons. The van der Waals surface area contributed by atoms with Crippen molar-refractivity contribution in [3.63, 3.8) is 0 Å². The molecule has 0 saturated heterocycles. The molecule has 3 N–H and O–H groups in total. The third kappa shape index (κ3) is 3.40. The molecule has 0 saturated carbocycles. The maximum absolute atomic E-state index is 11.5. The van der Waals surface area contributed by atoms with Crippen molar-refractivity contribution in [2.75, 3.05) is 35.6 Å². The molecular formula is C16H25N3O2. The van der Waals surface area contributed by atoms with Gasteiger partial charge in [-0.05, 0) is 18.9 Å². The number of carbonyl (C=O) groups excluding carboxylic acids is 1. The summed E-state index contributed by atoms with van der Waals surface area (Å²) in [5, 5.41) is 2.84. The molecule has 1 amide bonds. The first-order valence-electron chi connectivity index (χ1n) is 7.70. The highest BCUT2D eigenvalue weighted by Gasteiger charge is 2.20. The molecule has 0 aliphatic carbocycles. The van der Waals surface area contributed by atoms with Crippen LogP contribution in [0.15, 0.2) is 12.1 Å². The van der Waals surface area contributed by atoms with E-state index in [0.29, 0.717) is 23.0 Å². The molecule has 1 aliphatic heterocycles. The molecule has 5 heteroatoms. The number of nitrogen functional groups attached to an aromatic ring is 1. The zero-order valence-corrected chi connectivity index (χ0v) is 13.1. The minimum absolute atomic E-state index is 0.0526. The monoisotopic (exact) mass is 291 g/mol. The molecule has 1 aromatic rings. The molecule has 0 aromatic heterocycles. The Bertz CT molecular complexity index is 512. The van der Waals surface area contributed by atoms with Gasteiger partial charge in [0, 0.05) is 19.2 Å². The van der Waals surface area contributed by atoms with E-state index in [2.05, 4.69) is 31.0 Å². The van der Waals surface area contributed by atoms with E-state index in [1.807, 2.05) is 6.07 Å². The van der Waals surface area contributed by atoms with Gasteiger partial charge in [0.25, 0.3) is 5.91 Å². The highest BCUT2D eigenvalue weighted by molar-refractivity contribution is 5.97. The second kappa shape index (κ2) is 6.70. The number of ether oxygens (including phenoxy) is 1. The smallest absolute Gasteiger partial charge is 0.262 e. The van der Waals surface area contributed by atoms with E-state index in [4.69, 9.17) is 10.5 Å². The maximum atomic E-state index is 11.5. The topological polar surface area (TPSA) is 67.6 Å². The van der Waals surface area contributed by atoms with Gasteiger partial charge in [-0.2, -0.15) is 0 Å². The molecule has 21 heavy (non-hydrogen) atoms. The molecule has 0 spiro atoms. The molecule has 1 aliphatic rings. The Morgan fingerprint density at radius 2 is 2.05 bits per heavy atom. The first kappa shape index (κ1) is 15.5. The number of carbonyl (C=O) groups is 1. The highest BCUT2D eigenvalue weighted by atomic mass is 16.5.